The molecule has 10 heteroatoms. The Morgan fingerprint density at radius 2 is 2.29 bits per heavy atom. The van der Waals surface area contributed by atoms with Crippen LogP contribution in [0.1, 0.15) is 24.2 Å². The SMILES string of the molecule is CCNC(=NCc1cccc(S(N)(=O)=O)c1)N1CCOC(c2cnn(C)c2)C1. The Morgan fingerprint density at radius 1 is 1.46 bits per heavy atom. The van der Waals surface area contributed by atoms with Crippen LogP contribution in [0.3, 0.4) is 0 Å². The van der Waals surface area contributed by atoms with Crippen molar-refractivity contribution in [3.8, 4) is 0 Å². The average Bonchev–Trinajstić information content (AvgIpc) is 3.11. The number of hydrogen-bond acceptors (Lipinski definition) is 5. The van der Waals surface area contributed by atoms with Crippen molar-refractivity contribution in [1.29, 1.82) is 0 Å². The molecule has 152 valence electrons. The number of primary sulfonamides is 1. The summed E-state index contributed by atoms with van der Waals surface area (Å²) in [6.45, 7) is 5.06. The Labute approximate surface area is 165 Å². The number of nitrogens with one attached hydrogen (secondary N) is 1. The number of ether oxygens (including phenoxy) is 1. The fraction of sp³-hybridized carbons (Fsp3) is 0.444. The topological polar surface area (TPSA) is 115 Å². The lowest BCUT2D eigenvalue weighted by atomic mass is 10.1. The zero-order valence-electron chi connectivity index (χ0n) is 16.1. The fourth-order valence-corrected chi connectivity index (χ4v) is 3.65. The minimum Gasteiger partial charge on any atom is -0.370 e. The minimum absolute atomic E-state index is 0.0722. The first kappa shape index (κ1) is 20.3. The maximum atomic E-state index is 11.5. The highest BCUT2D eigenvalue weighted by atomic mass is 32.2. The van der Waals surface area contributed by atoms with Gasteiger partial charge in [0, 0.05) is 31.9 Å². The van der Waals surface area contributed by atoms with E-state index in [-0.39, 0.29) is 11.0 Å². The van der Waals surface area contributed by atoms with E-state index in [1.54, 1.807) is 16.8 Å². The van der Waals surface area contributed by atoms with Gasteiger partial charge in [-0.05, 0) is 24.6 Å². The van der Waals surface area contributed by atoms with Crippen LogP contribution in [0.25, 0.3) is 0 Å². The first-order valence-corrected chi connectivity index (χ1v) is 10.7. The molecule has 0 bridgehead atoms. The van der Waals surface area contributed by atoms with Crippen molar-refractivity contribution in [2.75, 3.05) is 26.2 Å². The van der Waals surface area contributed by atoms with Crippen LogP contribution in [0.5, 0.6) is 0 Å². The number of nitrogens with zero attached hydrogens (tertiary/aromatic N) is 4. The van der Waals surface area contributed by atoms with Crippen LogP contribution in [0.4, 0.5) is 0 Å². The highest BCUT2D eigenvalue weighted by Crippen LogP contribution is 2.21. The summed E-state index contributed by atoms with van der Waals surface area (Å²) in [4.78, 5) is 6.92. The summed E-state index contributed by atoms with van der Waals surface area (Å²) in [5, 5.41) is 12.7. The Bertz CT molecular complexity index is 940. The third kappa shape index (κ3) is 5.09. The molecule has 2 aromatic rings. The average molecular weight is 407 g/mol. The second kappa shape index (κ2) is 8.72. The predicted molar refractivity (Wildman–Crippen MR) is 106 cm³/mol. The molecule has 0 aliphatic carbocycles. The van der Waals surface area contributed by atoms with E-state index < -0.39 is 10.0 Å². The van der Waals surface area contributed by atoms with Gasteiger partial charge in [-0.3, -0.25) is 4.68 Å². The van der Waals surface area contributed by atoms with Gasteiger partial charge in [0.05, 0.1) is 30.8 Å². The zero-order chi connectivity index (χ0) is 20.1. The van der Waals surface area contributed by atoms with Crippen LogP contribution in [-0.4, -0.2) is 55.3 Å². The molecule has 0 amide bonds. The number of morpholine rings is 1. The van der Waals surface area contributed by atoms with Crippen LogP contribution in [0.2, 0.25) is 0 Å². The molecule has 0 spiro atoms. The summed E-state index contributed by atoms with van der Waals surface area (Å²) in [6.07, 6.45) is 3.70. The summed E-state index contributed by atoms with van der Waals surface area (Å²) in [5.41, 5.74) is 1.81. The number of aliphatic imine (C=N–C) groups is 1. The van der Waals surface area contributed by atoms with Crippen LogP contribution in [0.15, 0.2) is 46.5 Å². The molecule has 3 rings (SSSR count). The predicted octanol–water partition coefficient (Wildman–Crippen LogP) is 0.607. The second-order valence-electron chi connectivity index (χ2n) is 6.62. The third-order valence-corrected chi connectivity index (χ3v) is 5.35. The maximum Gasteiger partial charge on any atom is 0.238 e. The van der Waals surface area contributed by atoms with Gasteiger partial charge in [-0.25, -0.2) is 18.5 Å². The van der Waals surface area contributed by atoms with Gasteiger partial charge in [-0.15, -0.1) is 0 Å². The third-order valence-electron chi connectivity index (χ3n) is 4.44. The van der Waals surface area contributed by atoms with Crippen molar-refractivity contribution in [2.24, 2.45) is 17.2 Å². The number of rotatable bonds is 5. The molecule has 1 fully saturated rings. The molecule has 0 saturated carbocycles. The number of aryl methyl sites for hydroxylation is 1. The van der Waals surface area contributed by atoms with Crippen LogP contribution < -0.4 is 10.5 Å². The van der Waals surface area contributed by atoms with Gasteiger partial charge in [0.1, 0.15) is 6.10 Å². The second-order valence-corrected chi connectivity index (χ2v) is 8.18. The first-order chi connectivity index (χ1) is 13.4. The van der Waals surface area contributed by atoms with Gasteiger partial charge >= 0.3 is 0 Å². The van der Waals surface area contributed by atoms with Crippen molar-refractivity contribution in [1.82, 2.24) is 20.0 Å². The van der Waals surface area contributed by atoms with E-state index >= 15 is 0 Å². The molecule has 1 saturated heterocycles. The molecular weight excluding hydrogens is 380 g/mol. The van der Waals surface area contributed by atoms with Crippen LogP contribution in [-0.2, 0) is 28.4 Å². The minimum atomic E-state index is -3.73. The molecule has 0 radical (unpaired) electrons. The van der Waals surface area contributed by atoms with Crippen molar-refractivity contribution in [3.05, 3.63) is 47.8 Å². The maximum absolute atomic E-state index is 11.5. The molecule has 2 heterocycles. The molecule has 28 heavy (non-hydrogen) atoms. The smallest absolute Gasteiger partial charge is 0.238 e. The van der Waals surface area contributed by atoms with Crippen LogP contribution >= 0.6 is 0 Å². The molecule has 1 aliphatic rings. The highest BCUT2D eigenvalue weighted by Gasteiger charge is 2.25. The fourth-order valence-electron chi connectivity index (χ4n) is 3.06. The molecule has 1 aromatic heterocycles. The summed E-state index contributed by atoms with van der Waals surface area (Å²) in [7, 11) is -1.85. The Morgan fingerprint density at radius 3 is 2.96 bits per heavy atom. The van der Waals surface area contributed by atoms with Crippen molar-refractivity contribution in [3.63, 3.8) is 0 Å². The van der Waals surface area contributed by atoms with Gasteiger partial charge in [0.25, 0.3) is 0 Å². The van der Waals surface area contributed by atoms with E-state index in [1.165, 1.54) is 6.07 Å². The van der Waals surface area contributed by atoms with Crippen LogP contribution in [0, 0.1) is 0 Å². The van der Waals surface area contributed by atoms with Gasteiger partial charge in [-0.1, -0.05) is 12.1 Å². The molecular formula is C18H26N6O3S. The number of aromatic nitrogens is 2. The van der Waals surface area contributed by atoms with E-state index in [4.69, 9.17) is 9.88 Å². The van der Waals surface area contributed by atoms with E-state index in [9.17, 15) is 8.42 Å². The quantitative estimate of drug-likeness (QED) is 0.555. The standard InChI is InChI=1S/C18H26N6O3S/c1-3-20-18(21-10-14-5-4-6-16(9-14)28(19,25)26)24-7-8-27-17(13-24)15-11-22-23(2)12-15/h4-6,9,11-12,17H,3,7-8,10,13H2,1-2H3,(H,20,21)(H2,19,25,26). The molecule has 1 unspecified atom stereocenters. The van der Waals surface area contributed by atoms with Gasteiger partial charge in [0.15, 0.2) is 5.96 Å². The number of nitrogens with two attached hydrogens (primary N) is 1. The van der Waals surface area contributed by atoms with E-state index in [2.05, 4.69) is 20.3 Å². The summed E-state index contributed by atoms with van der Waals surface area (Å²) >= 11 is 0. The normalized spacial score (nSPS) is 18.3. The van der Waals surface area contributed by atoms with Crippen molar-refractivity contribution >= 4 is 16.0 Å². The Kier molecular flexibility index (Phi) is 6.32. The lowest BCUT2D eigenvalue weighted by Gasteiger charge is -2.34. The summed E-state index contributed by atoms with van der Waals surface area (Å²) in [6, 6.07) is 6.54. The molecule has 1 atom stereocenters. The molecule has 1 aliphatic heterocycles. The largest absolute Gasteiger partial charge is 0.370 e. The van der Waals surface area contributed by atoms with E-state index in [0.717, 1.165) is 30.2 Å². The first-order valence-electron chi connectivity index (χ1n) is 9.12. The zero-order valence-corrected chi connectivity index (χ0v) is 16.9. The highest BCUT2D eigenvalue weighted by molar-refractivity contribution is 7.89. The number of hydrogen-bond donors (Lipinski definition) is 2. The van der Waals surface area contributed by atoms with E-state index in [0.29, 0.717) is 19.7 Å². The van der Waals surface area contributed by atoms with Crippen molar-refractivity contribution < 1.29 is 13.2 Å². The van der Waals surface area contributed by atoms with Gasteiger partial charge in [0.2, 0.25) is 10.0 Å². The molecule has 9 nitrogen and oxygen atoms in total. The number of sulfonamides is 1. The number of guanidine groups is 1. The number of benzene rings is 1. The molecule has 3 N–H and O–H groups in total. The van der Waals surface area contributed by atoms with Gasteiger partial charge < -0.3 is 15.0 Å². The monoisotopic (exact) mass is 406 g/mol. The summed E-state index contributed by atoms with van der Waals surface area (Å²) < 4.78 is 30.7. The van der Waals surface area contributed by atoms with Crippen molar-refractivity contribution in [2.45, 2.75) is 24.5 Å². The lowest BCUT2D eigenvalue weighted by Crippen LogP contribution is -2.48. The van der Waals surface area contributed by atoms with E-state index in [1.807, 2.05) is 32.4 Å². The Hall–Kier alpha value is -2.43. The Balaban J connectivity index is 1.75. The molecule has 1 aromatic carbocycles. The summed E-state index contributed by atoms with van der Waals surface area (Å²) in [5.74, 6) is 0.765. The lowest BCUT2D eigenvalue weighted by molar-refractivity contribution is -0.00805. The van der Waals surface area contributed by atoms with Gasteiger partial charge in [-0.2, -0.15) is 5.10 Å².